The van der Waals surface area contributed by atoms with Crippen molar-refractivity contribution in [3.8, 4) is 0 Å². The fourth-order valence-electron chi connectivity index (χ4n) is 1.51. The molecule has 1 saturated heterocycles. The van der Waals surface area contributed by atoms with Crippen molar-refractivity contribution < 1.29 is 40.2 Å². The lowest BCUT2D eigenvalue weighted by molar-refractivity contribution is -0.308. The second kappa shape index (κ2) is 4.62. The summed E-state index contributed by atoms with van der Waals surface area (Å²) in [7, 11) is 0. The molecule has 1 fully saturated rings. The van der Waals surface area contributed by atoms with Gasteiger partial charge in [0.15, 0.2) is 0 Å². The summed E-state index contributed by atoms with van der Waals surface area (Å²) >= 11 is 0. The fourth-order valence-corrected chi connectivity index (χ4v) is 1.51. The Morgan fingerprint density at radius 3 is 2.50 bits per heavy atom. The molecule has 0 aromatic rings. The molecule has 0 aliphatic carbocycles. The van der Waals surface area contributed by atoms with Crippen LogP contribution in [0.4, 0.5) is 0 Å². The van der Waals surface area contributed by atoms with Crippen LogP contribution in [0, 0.1) is 0 Å². The molecule has 0 aromatic heterocycles. The zero-order valence-corrected chi connectivity index (χ0v) is 8.22. The van der Waals surface area contributed by atoms with Crippen molar-refractivity contribution in [3.63, 3.8) is 0 Å². The Hall–Kier alpha value is -0.770. The predicted octanol–water partition coefficient (Wildman–Crippen LogP) is -3.38. The molecule has 5 atom stereocenters. The van der Waals surface area contributed by atoms with Crippen LogP contribution in [0.15, 0.2) is 0 Å². The van der Waals surface area contributed by atoms with Gasteiger partial charge in [0.05, 0.1) is 12.7 Å². The van der Waals surface area contributed by atoms with Gasteiger partial charge in [-0.3, -0.25) is 0 Å². The van der Waals surface area contributed by atoms with Crippen LogP contribution < -0.4 is 0 Å². The van der Waals surface area contributed by atoms with Gasteiger partial charge in [0.25, 0.3) is 5.79 Å². The van der Waals surface area contributed by atoms with Gasteiger partial charge in [-0.15, -0.1) is 0 Å². The zero-order valence-electron chi connectivity index (χ0n) is 8.22. The Balaban J connectivity index is 2.89. The van der Waals surface area contributed by atoms with Gasteiger partial charge in [-0.2, -0.15) is 0 Å². The van der Waals surface area contributed by atoms with Gasteiger partial charge in [-0.25, -0.2) is 4.79 Å². The first-order valence-corrected chi connectivity index (χ1v) is 4.60. The van der Waals surface area contributed by atoms with E-state index in [1.54, 1.807) is 0 Å². The lowest BCUT2D eigenvalue weighted by Crippen LogP contribution is -2.61. The van der Waals surface area contributed by atoms with Crippen LogP contribution in [0.2, 0.25) is 0 Å². The molecule has 1 heterocycles. The number of carboxylic acid groups (broad SMARTS) is 1. The van der Waals surface area contributed by atoms with E-state index < -0.39 is 49.2 Å². The zero-order chi connectivity index (χ0) is 12.5. The maximum absolute atomic E-state index is 10.7. The van der Waals surface area contributed by atoms with Crippen molar-refractivity contribution in [1.82, 2.24) is 0 Å². The highest BCUT2D eigenvalue weighted by molar-refractivity contribution is 5.75. The molecule has 0 radical (unpaired) electrons. The Morgan fingerprint density at radius 1 is 1.50 bits per heavy atom. The van der Waals surface area contributed by atoms with Gasteiger partial charge in [0.1, 0.15) is 18.3 Å². The summed E-state index contributed by atoms with van der Waals surface area (Å²) in [4.78, 5) is 10.7. The number of aliphatic hydroxyl groups excluding tert-OH is 4. The van der Waals surface area contributed by atoms with Gasteiger partial charge >= 0.3 is 5.97 Å². The molecular weight excluding hydrogens is 224 g/mol. The first kappa shape index (κ1) is 13.3. The number of ether oxygens (including phenoxy) is 1. The number of carboxylic acids is 1. The highest BCUT2D eigenvalue weighted by Gasteiger charge is 2.52. The topological polar surface area (TPSA) is 148 Å². The molecule has 8 heteroatoms. The Labute approximate surface area is 90.3 Å². The molecule has 1 unspecified atom stereocenters. The first-order chi connectivity index (χ1) is 7.31. The summed E-state index contributed by atoms with van der Waals surface area (Å²) in [6, 6.07) is 0. The quantitative estimate of drug-likeness (QED) is 0.298. The average Bonchev–Trinajstić information content (AvgIpc) is 2.22. The van der Waals surface area contributed by atoms with Crippen LogP contribution in [0.25, 0.3) is 0 Å². The predicted molar refractivity (Wildman–Crippen MR) is 47.2 cm³/mol. The third kappa shape index (κ3) is 2.32. The molecule has 0 amide bonds. The summed E-state index contributed by atoms with van der Waals surface area (Å²) in [5.41, 5.74) is 0. The second-order valence-electron chi connectivity index (χ2n) is 3.68. The molecule has 0 aromatic carbocycles. The average molecular weight is 238 g/mol. The Kier molecular flexibility index (Phi) is 3.84. The van der Waals surface area contributed by atoms with Crippen molar-refractivity contribution in [3.05, 3.63) is 0 Å². The van der Waals surface area contributed by atoms with E-state index in [1.807, 2.05) is 0 Å². The molecule has 0 saturated carbocycles. The summed E-state index contributed by atoms with van der Waals surface area (Å²) in [6.07, 6.45) is -7.05. The maximum atomic E-state index is 10.7. The molecule has 1 aliphatic rings. The largest absolute Gasteiger partial charge is 0.477 e. The van der Waals surface area contributed by atoms with E-state index in [0.717, 1.165) is 0 Å². The number of hydrogen-bond donors (Lipinski definition) is 6. The minimum atomic E-state index is -2.68. The lowest BCUT2D eigenvalue weighted by Gasteiger charge is -2.41. The van der Waals surface area contributed by atoms with Gasteiger partial charge in [-0.1, -0.05) is 0 Å². The smallest absolute Gasteiger partial charge is 0.364 e. The van der Waals surface area contributed by atoms with Crippen molar-refractivity contribution >= 4 is 5.97 Å². The van der Waals surface area contributed by atoms with Gasteiger partial charge in [0, 0.05) is 6.42 Å². The van der Waals surface area contributed by atoms with Crippen LogP contribution in [-0.4, -0.2) is 73.4 Å². The summed E-state index contributed by atoms with van der Waals surface area (Å²) in [5, 5.41) is 54.7. The molecule has 6 N–H and O–H groups in total. The van der Waals surface area contributed by atoms with Crippen molar-refractivity contribution in [2.45, 2.75) is 36.6 Å². The van der Waals surface area contributed by atoms with E-state index in [-0.39, 0.29) is 0 Å². The summed E-state index contributed by atoms with van der Waals surface area (Å²) < 4.78 is 4.61. The Morgan fingerprint density at radius 2 is 2.06 bits per heavy atom. The summed E-state index contributed by atoms with van der Waals surface area (Å²) in [6.45, 7) is -0.801. The van der Waals surface area contributed by atoms with Crippen LogP contribution in [0.3, 0.4) is 0 Å². The van der Waals surface area contributed by atoms with Gasteiger partial charge in [0.2, 0.25) is 0 Å². The van der Waals surface area contributed by atoms with E-state index in [4.69, 9.17) is 10.2 Å². The maximum Gasteiger partial charge on any atom is 0.364 e. The van der Waals surface area contributed by atoms with Gasteiger partial charge in [-0.05, 0) is 0 Å². The molecule has 1 aliphatic heterocycles. The fraction of sp³-hybridized carbons (Fsp3) is 0.875. The lowest BCUT2D eigenvalue weighted by atomic mass is 9.93. The molecule has 94 valence electrons. The van der Waals surface area contributed by atoms with E-state index >= 15 is 0 Å². The molecular formula is C8H14O8. The molecule has 0 spiro atoms. The minimum absolute atomic E-state index is 0.724. The monoisotopic (exact) mass is 238 g/mol. The molecule has 0 bridgehead atoms. The third-order valence-electron chi connectivity index (χ3n) is 2.45. The van der Waals surface area contributed by atoms with Gasteiger partial charge < -0.3 is 35.4 Å². The van der Waals surface area contributed by atoms with E-state index in [0.29, 0.717) is 0 Å². The number of aliphatic carboxylic acids is 1. The highest BCUT2D eigenvalue weighted by Crippen LogP contribution is 2.29. The standard InChI is InChI=1S/C8H14O8/c9-2-4(11)6-5(12)3(10)1-8(15,16-6)7(13)14/h3-6,9-12,15H,1-2H2,(H,13,14)/t3-,4?,5-,6-,8-/m1/s1. The van der Waals surface area contributed by atoms with Crippen molar-refractivity contribution in [1.29, 1.82) is 0 Å². The highest BCUT2D eigenvalue weighted by atomic mass is 16.7. The molecule has 16 heavy (non-hydrogen) atoms. The van der Waals surface area contributed by atoms with E-state index in [1.165, 1.54) is 0 Å². The Bertz CT molecular complexity index is 269. The molecule has 8 nitrogen and oxygen atoms in total. The third-order valence-corrected chi connectivity index (χ3v) is 2.45. The van der Waals surface area contributed by atoms with Crippen LogP contribution in [0.1, 0.15) is 6.42 Å². The first-order valence-electron chi connectivity index (χ1n) is 4.60. The van der Waals surface area contributed by atoms with Crippen molar-refractivity contribution in [2.75, 3.05) is 6.61 Å². The second-order valence-corrected chi connectivity index (χ2v) is 3.68. The van der Waals surface area contributed by atoms with E-state index in [2.05, 4.69) is 4.74 Å². The molecule has 1 rings (SSSR count). The van der Waals surface area contributed by atoms with Crippen molar-refractivity contribution in [2.24, 2.45) is 0 Å². The number of rotatable bonds is 3. The summed E-state index contributed by atoms with van der Waals surface area (Å²) in [5.74, 6) is -4.42. The van der Waals surface area contributed by atoms with Crippen LogP contribution >= 0.6 is 0 Å². The van der Waals surface area contributed by atoms with Crippen LogP contribution in [0.5, 0.6) is 0 Å². The van der Waals surface area contributed by atoms with E-state index in [9.17, 15) is 25.2 Å². The number of hydrogen-bond acceptors (Lipinski definition) is 7. The normalized spacial score (nSPS) is 41.7. The SMILES string of the molecule is O=C(O)[C@@]1(O)C[C@@H](O)[C@@H](O)[C@@H](C(O)CO)O1. The number of aliphatic hydroxyl groups is 5. The van der Waals surface area contributed by atoms with Crippen LogP contribution in [-0.2, 0) is 9.53 Å². The minimum Gasteiger partial charge on any atom is -0.477 e. The number of carbonyl (C=O) groups is 1.